The molecule has 12 nitrogen and oxygen atoms in total. The molecular weight excluding hydrogens is 646 g/mol. The third-order valence-corrected chi connectivity index (χ3v) is 15.8. The minimum Gasteiger partial charge on any atom is -0.353 e. The Morgan fingerprint density at radius 2 is 1.47 bits per heavy atom. The number of carbonyl (C=O) groups is 5. The van der Waals surface area contributed by atoms with E-state index in [9.17, 15) is 32.4 Å². The van der Waals surface area contributed by atoms with E-state index in [2.05, 4.69) is 35.1 Å². The van der Waals surface area contributed by atoms with Crippen molar-refractivity contribution in [1.82, 2.24) is 26.2 Å². The molecule has 0 spiro atoms. The summed E-state index contributed by atoms with van der Waals surface area (Å²) in [5.41, 5.74) is -1.60. The maximum absolute atomic E-state index is 14.8. The van der Waals surface area contributed by atoms with Crippen LogP contribution in [0.5, 0.6) is 0 Å². The van der Waals surface area contributed by atoms with Crippen LogP contribution in [0.4, 0.5) is 4.79 Å². The van der Waals surface area contributed by atoms with Crippen molar-refractivity contribution in [2.24, 2.45) is 28.6 Å². The zero-order chi connectivity index (χ0) is 35.4. The van der Waals surface area contributed by atoms with Gasteiger partial charge in [-0.15, -0.1) is 0 Å². The van der Waals surface area contributed by atoms with Crippen molar-refractivity contribution < 1.29 is 32.4 Å². The van der Waals surface area contributed by atoms with Gasteiger partial charge in [0.15, 0.2) is 9.84 Å². The highest BCUT2D eigenvalue weighted by Crippen LogP contribution is 2.65. The Morgan fingerprint density at radius 1 is 0.837 bits per heavy atom. The van der Waals surface area contributed by atoms with Crippen molar-refractivity contribution in [3.63, 3.8) is 0 Å². The van der Waals surface area contributed by atoms with Crippen LogP contribution < -0.4 is 21.3 Å². The van der Waals surface area contributed by atoms with Gasteiger partial charge in [-0.3, -0.25) is 19.2 Å². The lowest BCUT2D eigenvalue weighted by Crippen LogP contribution is -2.66. The summed E-state index contributed by atoms with van der Waals surface area (Å²) in [5, 5.41) is 10.9. The molecule has 6 fully saturated rings. The lowest BCUT2D eigenvalue weighted by Gasteiger charge is -2.45. The topological polar surface area (TPSA) is 171 Å². The summed E-state index contributed by atoms with van der Waals surface area (Å²) in [4.78, 5) is 70.1. The van der Waals surface area contributed by atoms with Gasteiger partial charge in [0.2, 0.25) is 17.6 Å². The predicted molar refractivity (Wildman–Crippen MR) is 184 cm³/mol. The number of likely N-dealkylation sites (N-methyl/N-ethyl adjacent to an activating group) is 1. The Bertz CT molecular complexity index is 1450. The summed E-state index contributed by atoms with van der Waals surface area (Å²) in [6.45, 7) is 6.59. The van der Waals surface area contributed by atoms with Gasteiger partial charge in [-0.05, 0) is 73.5 Å². The molecule has 6 rings (SSSR count). The van der Waals surface area contributed by atoms with Crippen molar-refractivity contribution >= 4 is 39.4 Å². The summed E-state index contributed by atoms with van der Waals surface area (Å²) >= 11 is 0. The smallest absolute Gasteiger partial charge is 0.315 e. The van der Waals surface area contributed by atoms with Gasteiger partial charge in [0.1, 0.15) is 12.1 Å². The zero-order valence-corrected chi connectivity index (χ0v) is 30.6. The van der Waals surface area contributed by atoms with E-state index in [1.807, 2.05) is 6.92 Å². The SMILES string of the molecule is CNC(=O)C(=O)[C@@H](CC1CC1)NC(=O)[C@@H]1[C@@H]2[C@H](CN1C(=O)[C@@H](NC(=O)NC1([C@H]3CCCS3(=O)=O)CCCCC1)C1(C)CCCCC1)C2(C)C. The van der Waals surface area contributed by atoms with E-state index in [4.69, 9.17) is 0 Å². The summed E-state index contributed by atoms with van der Waals surface area (Å²) in [6.07, 6.45) is 11.6. The minimum atomic E-state index is -3.35. The van der Waals surface area contributed by atoms with E-state index in [1.165, 1.54) is 7.05 Å². The van der Waals surface area contributed by atoms with Crippen molar-refractivity contribution in [3.05, 3.63) is 0 Å². The highest BCUT2D eigenvalue weighted by atomic mass is 32.2. The highest BCUT2D eigenvalue weighted by molar-refractivity contribution is 7.92. The first kappa shape index (κ1) is 36.1. The number of Topliss-reactive ketones (excluding diaryl/α,β-unsaturated/α-hetero) is 1. The molecule has 2 saturated heterocycles. The Labute approximate surface area is 291 Å². The van der Waals surface area contributed by atoms with Crippen LogP contribution >= 0.6 is 0 Å². The van der Waals surface area contributed by atoms with Gasteiger partial charge in [-0.2, -0.15) is 0 Å². The average Bonchev–Trinajstić information content (AvgIpc) is 3.85. The fourth-order valence-corrected chi connectivity index (χ4v) is 12.5. The number of ketones is 1. The van der Waals surface area contributed by atoms with E-state index in [0.29, 0.717) is 38.6 Å². The molecule has 4 saturated carbocycles. The maximum Gasteiger partial charge on any atom is 0.315 e. The molecule has 0 radical (unpaired) electrons. The number of amides is 5. The van der Waals surface area contributed by atoms with E-state index in [1.54, 1.807) is 4.90 Å². The van der Waals surface area contributed by atoms with E-state index in [0.717, 1.165) is 64.2 Å². The molecule has 0 aromatic carbocycles. The number of piperidine rings is 1. The molecular formula is C36H57N5O7S. The molecule has 49 heavy (non-hydrogen) atoms. The molecule has 2 aliphatic heterocycles. The van der Waals surface area contributed by atoms with Gasteiger partial charge in [-0.1, -0.05) is 72.1 Å². The normalized spacial score (nSPS) is 31.8. The molecule has 6 aliphatic rings. The molecule has 0 unspecified atom stereocenters. The monoisotopic (exact) mass is 703 g/mol. The molecule has 4 aliphatic carbocycles. The number of fused-ring (bicyclic) bond motifs is 1. The maximum atomic E-state index is 14.8. The Hall–Kier alpha value is -2.70. The van der Waals surface area contributed by atoms with Crippen LogP contribution in [0.25, 0.3) is 0 Å². The number of nitrogens with one attached hydrogen (secondary N) is 4. The van der Waals surface area contributed by atoms with Crippen LogP contribution in [0.1, 0.15) is 117 Å². The van der Waals surface area contributed by atoms with Gasteiger partial charge < -0.3 is 26.2 Å². The minimum absolute atomic E-state index is 0.0930. The van der Waals surface area contributed by atoms with Crippen molar-refractivity contribution in [2.45, 2.75) is 146 Å². The van der Waals surface area contributed by atoms with Crippen LogP contribution in [0.3, 0.4) is 0 Å². The number of carbonyl (C=O) groups excluding carboxylic acids is 5. The second-order valence-corrected chi connectivity index (χ2v) is 19.3. The van der Waals surface area contributed by atoms with Gasteiger partial charge in [0, 0.05) is 13.6 Å². The first-order chi connectivity index (χ1) is 23.1. The number of nitrogens with zero attached hydrogens (tertiary/aromatic N) is 1. The molecule has 0 aromatic rings. The van der Waals surface area contributed by atoms with Crippen LogP contribution in [0.15, 0.2) is 0 Å². The molecule has 5 amide bonds. The van der Waals surface area contributed by atoms with Gasteiger partial charge >= 0.3 is 6.03 Å². The van der Waals surface area contributed by atoms with Crippen LogP contribution in [-0.4, -0.2) is 91.1 Å². The third-order valence-electron chi connectivity index (χ3n) is 13.4. The van der Waals surface area contributed by atoms with Gasteiger partial charge in [0.25, 0.3) is 5.91 Å². The van der Waals surface area contributed by atoms with E-state index < -0.39 is 67.8 Å². The summed E-state index contributed by atoms with van der Waals surface area (Å²) in [6, 6.07) is -3.24. The zero-order valence-electron chi connectivity index (χ0n) is 29.8. The van der Waals surface area contributed by atoms with Crippen LogP contribution in [0.2, 0.25) is 0 Å². The molecule has 4 N–H and O–H groups in total. The van der Waals surface area contributed by atoms with Gasteiger partial charge in [-0.25, -0.2) is 13.2 Å². The Balaban J connectivity index is 1.26. The van der Waals surface area contributed by atoms with Crippen LogP contribution in [0, 0.1) is 28.6 Å². The fraction of sp³-hybridized carbons (Fsp3) is 0.861. The number of rotatable bonds is 11. The van der Waals surface area contributed by atoms with Gasteiger partial charge in [0.05, 0.1) is 22.6 Å². The molecule has 6 atom stereocenters. The predicted octanol–water partition coefficient (Wildman–Crippen LogP) is 2.99. The summed E-state index contributed by atoms with van der Waals surface area (Å²) in [5.74, 6) is -1.79. The molecule has 0 bridgehead atoms. The first-order valence-electron chi connectivity index (χ1n) is 18.8. The van der Waals surface area contributed by atoms with Crippen LogP contribution in [-0.2, 0) is 29.0 Å². The Morgan fingerprint density at radius 3 is 2.04 bits per heavy atom. The largest absolute Gasteiger partial charge is 0.353 e. The third kappa shape index (κ3) is 6.98. The summed E-state index contributed by atoms with van der Waals surface area (Å²) in [7, 11) is -1.96. The number of sulfone groups is 1. The number of hydrogen-bond donors (Lipinski definition) is 4. The fourth-order valence-electron chi connectivity index (χ4n) is 10.1. The molecule has 13 heteroatoms. The van der Waals surface area contributed by atoms with Crippen molar-refractivity contribution in [2.75, 3.05) is 19.3 Å². The van der Waals surface area contributed by atoms with Crippen molar-refractivity contribution in [3.8, 4) is 0 Å². The molecule has 0 aromatic heterocycles. The second kappa shape index (κ2) is 13.5. The summed E-state index contributed by atoms with van der Waals surface area (Å²) < 4.78 is 26.3. The molecule has 274 valence electrons. The lowest BCUT2D eigenvalue weighted by atomic mass is 9.70. The molecule has 2 heterocycles. The lowest BCUT2D eigenvalue weighted by molar-refractivity contribution is -0.146. The number of likely N-dealkylation sites (tertiary alicyclic amines) is 1. The number of urea groups is 1. The number of hydrogen-bond acceptors (Lipinski definition) is 7. The quantitative estimate of drug-likeness (QED) is 0.240. The Kier molecular flexibility index (Phi) is 9.91. The van der Waals surface area contributed by atoms with E-state index in [-0.39, 0.29) is 34.8 Å². The van der Waals surface area contributed by atoms with E-state index >= 15 is 0 Å². The first-order valence-corrected chi connectivity index (χ1v) is 20.5. The van der Waals surface area contributed by atoms with Crippen molar-refractivity contribution in [1.29, 1.82) is 0 Å². The highest BCUT2D eigenvalue weighted by Gasteiger charge is 2.70. The second-order valence-electron chi connectivity index (χ2n) is 17.0. The standard InChI is InChI=1S/C36H57N5O7S/c1-34(2)23-21-41(27(26(23)34)30(43)38-24(20-22-13-14-22)28(42)31(44)37-4)32(45)29(35(3)15-7-5-8-16-35)39-33(46)40-36(17-9-6-10-18-36)25-12-11-19-49(25,47)48/h22-27,29H,5-21H2,1-4H3,(H,37,44)(H,38,43)(H2,39,40,46)/t23-,24+,25+,26-,27-,29+/m0/s1. The average molecular weight is 704 g/mol.